The number of rotatable bonds is 8. The molecule has 6 nitrogen and oxygen atoms in total. The summed E-state index contributed by atoms with van der Waals surface area (Å²) in [6, 6.07) is 0. The van der Waals surface area contributed by atoms with Crippen molar-refractivity contribution < 1.29 is 30.0 Å². The van der Waals surface area contributed by atoms with E-state index in [9.17, 15) is 25.2 Å². The maximum atomic E-state index is 11.2. The van der Waals surface area contributed by atoms with Crippen LogP contribution in [0.2, 0.25) is 0 Å². The van der Waals surface area contributed by atoms with Crippen LogP contribution in [0.4, 0.5) is 0 Å². The molecule has 0 unspecified atom stereocenters. The third-order valence-corrected chi connectivity index (χ3v) is 3.70. The molecule has 0 amide bonds. The van der Waals surface area contributed by atoms with Gasteiger partial charge in [-0.15, -0.1) is 0 Å². The minimum Gasteiger partial charge on any atom is -0.505 e. The monoisotopic (exact) mass is 288 g/mol. The van der Waals surface area contributed by atoms with Gasteiger partial charge in [-0.3, -0.25) is 0 Å². The smallest absolute Gasteiger partial charge is 0.377 e. The number of hydrogen-bond acceptors (Lipinski definition) is 6. The summed E-state index contributed by atoms with van der Waals surface area (Å²) in [5, 5.41) is 39.8. The van der Waals surface area contributed by atoms with Gasteiger partial charge in [-0.2, -0.15) is 0 Å². The fraction of sp³-hybridized carbons (Fsp3) is 0.786. The lowest BCUT2D eigenvalue weighted by molar-refractivity contribution is -0.163. The van der Waals surface area contributed by atoms with Crippen LogP contribution < -0.4 is 0 Å². The highest BCUT2D eigenvalue weighted by molar-refractivity contribution is 5.89. The summed E-state index contributed by atoms with van der Waals surface area (Å²) >= 11 is 0. The fourth-order valence-electron chi connectivity index (χ4n) is 2.35. The molecule has 0 saturated heterocycles. The lowest BCUT2D eigenvalue weighted by atomic mass is 9.83. The summed E-state index contributed by atoms with van der Waals surface area (Å²) in [6.07, 6.45) is 0.912. The fourth-order valence-corrected chi connectivity index (χ4v) is 2.35. The Morgan fingerprint density at radius 1 is 1.20 bits per heavy atom. The first-order valence-electron chi connectivity index (χ1n) is 7.10. The van der Waals surface area contributed by atoms with Crippen molar-refractivity contribution in [2.75, 3.05) is 0 Å². The number of esters is 1. The largest absolute Gasteiger partial charge is 0.505 e. The molecule has 1 heterocycles. The average Bonchev–Trinajstić information content (AvgIpc) is 2.69. The molecular formula is C14H24O6. The summed E-state index contributed by atoms with van der Waals surface area (Å²) in [7, 11) is 0. The zero-order valence-electron chi connectivity index (χ0n) is 12.0. The quantitative estimate of drug-likeness (QED) is 0.506. The maximum Gasteiger partial charge on any atom is 0.377 e. The van der Waals surface area contributed by atoms with E-state index in [2.05, 4.69) is 0 Å². The molecule has 0 aromatic carbocycles. The van der Waals surface area contributed by atoms with Crippen molar-refractivity contribution in [3.63, 3.8) is 0 Å². The van der Waals surface area contributed by atoms with Crippen molar-refractivity contribution in [3.05, 3.63) is 11.5 Å². The van der Waals surface area contributed by atoms with Crippen LogP contribution in [0.25, 0.3) is 0 Å². The second-order valence-electron chi connectivity index (χ2n) is 5.32. The number of aliphatic hydroxyl groups excluding tert-OH is 3. The highest BCUT2D eigenvalue weighted by Gasteiger charge is 2.48. The van der Waals surface area contributed by atoms with E-state index in [4.69, 9.17) is 4.74 Å². The van der Waals surface area contributed by atoms with E-state index in [1.54, 1.807) is 0 Å². The molecule has 0 aliphatic carbocycles. The predicted molar refractivity (Wildman–Crippen MR) is 72.2 cm³/mol. The number of aliphatic hydroxyl groups is 4. The Morgan fingerprint density at radius 3 is 2.05 bits per heavy atom. The highest BCUT2D eigenvalue weighted by atomic mass is 16.6. The molecule has 0 aromatic rings. The summed E-state index contributed by atoms with van der Waals surface area (Å²) in [5.41, 5.74) is -1.45. The molecule has 6 heteroatoms. The van der Waals surface area contributed by atoms with Crippen molar-refractivity contribution >= 4 is 5.97 Å². The predicted octanol–water partition coefficient (Wildman–Crippen LogP) is 1.71. The van der Waals surface area contributed by atoms with Crippen LogP contribution in [0.1, 0.15) is 52.4 Å². The lowest BCUT2D eigenvalue weighted by Gasteiger charge is -2.35. The zero-order valence-corrected chi connectivity index (χ0v) is 12.0. The zero-order chi connectivity index (χ0) is 15.3. The van der Waals surface area contributed by atoms with Crippen LogP contribution in [0, 0.1) is 0 Å². The molecule has 0 spiro atoms. The third kappa shape index (κ3) is 3.43. The number of ether oxygens (including phenoxy) is 1. The van der Waals surface area contributed by atoms with Crippen LogP contribution in [-0.2, 0) is 9.53 Å². The van der Waals surface area contributed by atoms with E-state index in [-0.39, 0.29) is 0 Å². The van der Waals surface area contributed by atoms with Crippen molar-refractivity contribution in [2.24, 2.45) is 0 Å². The second-order valence-corrected chi connectivity index (χ2v) is 5.32. The number of unbranched alkanes of at least 4 members (excludes halogenated alkanes) is 2. The van der Waals surface area contributed by atoms with Gasteiger partial charge >= 0.3 is 5.97 Å². The molecule has 1 aliphatic heterocycles. The van der Waals surface area contributed by atoms with E-state index in [1.807, 2.05) is 13.8 Å². The van der Waals surface area contributed by atoms with Crippen LogP contribution in [0.15, 0.2) is 11.5 Å². The van der Waals surface area contributed by atoms with Gasteiger partial charge in [0.2, 0.25) is 5.76 Å². The van der Waals surface area contributed by atoms with Crippen molar-refractivity contribution in [1.82, 2.24) is 0 Å². The van der Waals surface area contributed by atoms with E-state index < -0.39 is 35.3 Å². The Morgan fingerprint density at radius 2 is 1.70 bits per heavy atom. The van der Waals surface area contributed by atoms with Crippen molar-refractivity contribution in [1.29, 1.82) is 0 Å². The molecule has 1 aliphatic rings. The van der Waals surface area contributed by atoms with E-state index in [0.29, 0.717) is 25.7 Å². The van der Waals surface area contributed by atoms with Gasteiger partial charge in [-0.05, 0) is 12.8 Å². The van der Waals surface area contributed by atoms with E-state index in [1.165, 1.54) is 0 Å². The normalized spacial score (nSPS) is 21.2. The highest BCUT2D eigenvalue weighted by Crippen LogP contribution is 2.33. The Labute approximate surface area is 118 Å². The molecule has 20 heavy (non-hydrogen) atoms. The summed E-state index contributed by atoms with van der Waals surface area (Å²) in [4.78, 5) is 11.2. The summed E-state index contributed by atoms with van der Waals surface area (Å²) < 4.78 is 4.73. The van der Waals surface area contributed by atoms with E-state index >= 15 is 0 Å². The maximum absolute atomic E-state index is 11.2. The standard InChI is InChI=1S/C14H24O6/c1-3-5-7-14(19,8-6-4-2)12(17)11-9(15)10(16)13(18)20-11/h11-12,15-17,19H,3-8H2,1-2H3/t11-,12+/m0/s1. The summed E-state index contributed by atoms with van der Waals surface area (Å²) in [6.45, 7) is 3.93. The minimum absolute atomic E-state index is 0.340. The van der Waals surface area contributed by atoms with Crippen LogP contribution in [0.3, 0.4) is 0 Å². The van der Waals surface area contributed by atoms with Gasteiger partial charge < -0.3 is 25.2 Å². The van der Waals surface area contributed by atoms with Gasteiger partial charge in [-0.25, -0.2) is 4.79 Å². The molecule has 0 bridgehead atoms. The second kappa shape index (κ2) is 6.95. The first kappa shape index (κ1) is 16.8. The van der Waals surface area contributed by atoms with Gasteiger partial charge in [0.05, 0.1) is 5.60 Å². The molecule has 4 N–H and O–H groups in total. The van der Waals surface area contributed by atoms with Gasteiger partial charge in [0, 0.05) is 0 Å². The Hall–Kier alpha value is -1.27. The Balaban J connectivity index is 2.88. The number of carbonyl (C=O) groups is 1. The lowest BCUT2D eigenvalue weighted by Crippen LogP contribution is -2.50. The molecule has 1 rings (SSSR count). The van der Waals surface area contributed by atoms with Gasteiger partial charge in [-0.1, -0.05) is 39.5 Å². The molecule has 2 atom stereocenters. The number of hydrogen-bond donors (Lipinski definition) is 4. The molecule has 0 aromatic heterocycles. The molecule has 0 fully saturated rings. The molecule has 0 radical (unpaired) electrons. The average molecular weight is 288 g/mol. The Bertz CT molecular complexity index is 368. The first-order chi connectivity index (χ1) is 9.37. The first-order valence-corrected chi connectivity index (χ1v) is 7.10. The molecule has 116 valence electrons. The summed E-state index contributed by atoms with van der Waals surface area (Å²) in [5.74, 6) is -2.70. The topological polar surface area (TPSA) is 107 Å². The number of cyclic esters (lactones) is 1. The van der Waals surface area contributed by atoms with E-state index in [0.717, 1.165) is 12.8 Å². The molecular weight excluding hydrogens is 264 g/mol. The van der Waals surface area contributed by atoms with Crippen molar-refractivity contribution in [2.45, 2.75) is 70.2 Å². The van der Waals surface area contributed by atoms with Crippen LogP contribution in [-0.4, -0.2) is 44.2 Å². The minimum atomic E-state index is -1.46. The Kier molecular flexibility index (Phi) is 5.83. The number of carbonyl (C=O) groups excluding carboxylic acids is 1. The van der Waals surface area contributed by atoms with Gasteiger partial charge in [0.1, 0.15) is 6.10 Å². The van der Waals surface area contributed by atoms with Crippen molar-refractivity contribution in [3.8, 4) is 0 Å². The third-order valence-electron chi connectivity index (χ3n) is 3.70. The van der Waals surface area contributed by atoms with Gasteiger partial charge in [0.25, 0.3) is 0 Å². The van der Waals surface area contributed by atoms with Crippen LogP contribution in [0.5, 0.6) is 0 Å². The SMILES string of the molecule is CCCCC(O)(CCCC)[C@H](O)[C@H]1OC(=O)C(O)=C1O. The van der Waals surface area contributed by atoms with Crippen LogP contribution >= 0.6 is 0 Å². The molecule has 0 saturated carbocycles. The van der Waals surface area contributed by atoms with Gasteiger partial charge in [0.15, 0.2) is 11.9 Å².